The summed E-state index contributed by atoms with van der Waals surface area (Å²) < 4.78 is 0. The molecule has 20 heavy (non-hydrogen) atoms. The molecule has 1 fully saturated rings. The number of rotatable bonds is 4. The summed E-state index contributed by atoms with van der Waals surface area (Å²) in [5, 5.41) is 2.79. The minimum Gasteiger partial charge on any atom is -0.397 e. The molecule has 1 heterocycles. The number of primary amides is 1. The zero-order valence-electron chi connectivity index (χ0n) is 11.3. The first-order valence-corrected chi connectivity index (χ1v) is 6.72. The number of likely N-dealkylation sites (tertiary alicyclic amines) is 1. The Hall–Kier alpha value is -2.08. The molecule has 6 heteroatoms. The van der Waals surface area contributed by atoms with Gasteiger partial charge in [-0.2, -0.15) is 0 Å². The van der Waals surface area contributed by atoms with Crippen molar-refractivity contribution in [2.45, 2.75) is 12.8 Å². The molecule has 0 bridgehead atoms. The first-order valence-electron chi connectivity index (χ1n) is 6.72. The van der Waals surface area contributed by atoms with Gasteiger partial charge in [0.2, 0.25) is 11.8 Å². The molecule has 0 unspecified atom stereocenters. The third kappa shape index (κ3) is 3.71. The summed E-state index contributed by atoms with van der Waals surface area (Å²) in [6, 6.07) is 7.16. The van der Waals surface area contributed by atoms with Gasteiger partial charge in [-0.3, -0.25) is 14.5 Å². The lowest BCUT2D eigenvalue weighted by atomic mass is 9.96. The molecule has 108 valence electrons. The van der Waals surface area contributed by atoms with Crippen molar-refractivity contribution in [1.29, 1.82) is 0 Å². The lowest BCUT2D eigenvalue weighted by Gasteiger charge is -2.29. The Morgan fingerprint density at radius 1 is 1.25 bits per heavy atom. The third-order valence-electron chi connectivity index (χ3n) is 3.59. The van der Waals surface area contributed by atoms with Gasteiger partial charge in [0.25, 0.3) is 0 Å². The number of benzene rings is 1. The van der Waals surface area contributed by atoms with Gasteiger partial charge < -0.3 is 16.8 Å². The van der Waals surface area contributed by atoms with E-state index in [2.05, 4.69) is 5.32 Å². The van der Waals surface area contributed by atoms with Crippen molar-refractivity contribution in [1.82, 2.24) is 4.90 Å². The minimum atomic E-state index is -0.244. The van der Waals surface area contributed by atoms with Crippen LogP contribution in [0, 0.1) is 5.92 Å². The summed E-state index contributed by atoms with van der Waals surface area (Å²) in [6.45, 7) is 1.73. The van der Waals surface area contributed by atoms with E-state index in [1.54, 1.807) is 12.1 Å². The monoisotopic (exact) mass is 276 g/mol. The van der Waals surface area contributed by atoms with Crippen LogP contribution in [0.1, 0.15) is 12.8 Å². The maximum atomic E-state index is 11.9. The summed E-state index contributed by atoms with van der Waals surface area (Å²) in [5.74, 6) is -0.398. The maximum absolute atomic E-state index is 11.9. The Morgan fingerprint density at radius 2 is 1.90 bits per heavy atom. The smallest absolute Gasteiger partial charge is 0.238 e. The number of nitrogens with two attached hydrogens (primary N) is 2. The topological polar surface area (TPSA) is 101 Å². The Bertz CT molecular complexity index is 496. The van der Waals surface area contributed by atoms with E-state index in [-0.39, 0.29) is 17.7 Å². The predicted octanol–water partition coefficient (Wildman–Crippen LogP) is 0.405. The van der Waals surface area contributed by atoms with Gasteiger partial charge in [0.1, 0.15) is 0 Å². The first kappa shape index (κ1) is 14.3. The van der Waals surface area contributed by atoms with Gasteiger partial charge in [0.05, 0.1) is 17.9 Å². The number of hydrogen-bond acceptors (Lipinski definition) is 4. The molecule has 0 atom stereocenters. The van der Waals surface area contributed by atoms with E-state index < -0.39 is 0 Å². The highest BCUT2D eigenvalue weighted by atomic mass is 16.2. The van der Waals surface area contributed by atoms with Crippen molar-refractivity contribution in [2.24, 2.45) is 11.7 Å². The van der Waals surface area contributed by atoms with Crippen molar-refractivity contribution < 1.29 is 9.59 Å². The number of nitrogens with zero attached hydrogens (tertiary/aromatic N) is 1. The minimum absolute atomic E-state index is 0.0564. The molecule has 0 radical (unpaired) electrons. The van der Waals surface area contributed by atoms with Crippen molar-refractivity contribution in [2.75, 3.05) is 30.7 Å². The molecule has 1 aliphatic rings. The lowest BCUT2D eigenvalue weighted by Crippen LogP contribution is -2.42. The lowest BCUT2D eigenvalue weighted by molar-refractivity contribution is -0.123. The number of para-hydroxylation sites is 2. The fraction of sp³-hybridized carbons (Fsp3) is 0.429. The highest BCUT2D eigenvalue weighted by molar-refractivity contribution is 5.95. The van der Waals surface area contributed by atoms with Crippen molar-refractivity contribution in [3.63, 3.8) is 0 Å². The highest BCUT2D eigenvalue weighted by Gasteiger charge is 2.24. The second-order valence-corrected chi connectivity index (χ2v) is 5.09. The van der Waals surface area contributed by atoms with Crippen LogP contribution in [0.25, 0.3) is 0 Å². The van der Waals surface area contributed by atoms with E-state index >= 15 is 0 Å². The molecule has 1 aromatic rings. The number of carbonyl (C=O) groups is 2. The average molecular weight is 276 g/mol. The molecule has 1 saturated heterocycles. The largest absolute Gasteiger partial charge is 0.397 e. The van der Waals surface area contributed by atoms with E-state index in [0.717, 1.165) is 12.8 Å². The predicted molar refractivity (Wildman–Crippen MR) is 77.8 cm³/mol. The normalized spacial score (nSPS) is 16.8. The molecule has 2 amide bonds. The number of piperidine rings is 1. The fourth-order valence-corrected chi connectivity index (χ4v) is 2.38. The second-order valence-electron chi connectivity index (χ2n) is 5.09. The SMILES string of the molecule is NC(=O)C1CCN(CC(=O)Nc2ccccc2N)CC1. The van der Waals surface area contributed by atoms with E-state index in [1.165, 1.54) is 0 Å². The summed E-state index contributed by atoms with van der Waals surface area (Å²) in [5.41, 5.74) is 12.2. The number of carbonyl (C=O) groups excluding carboxylic acids is 2. The van der Waals surface area contributed by atoms with Gasteiger partial charge in [-0.25, -0.2) is 0 Å². The van der Waals surface area contributed by atoms with E-state index in [0.29, 0.717) is 31.0 Å². The second kappa shape index (κ2) is 6.38. The first-order chi connectivity index (χ1) is 9.56. The standard InChI is InChI=1S/C14H20N4O2/c15-11-3-1-2-4-12(11)17-13(19)9-18-7-5-10(6-8-18)14(16)20/h1-4,10H,5-9,15H2,(H2,16,20)(H,17,19). The molecule has 0 aliphatic carbocycles. The Balaban J connectivity index is 1.81. The van der Waals surface area contributed by atoms with Crippen LogP contribution < -0.4 is 16.8 Å². The molecular weight excluding hydrogens is 256 g/mol. The number of nitrogen functional groups attached to an aromatic ring is 1. The Kier molecular flexibility index (Phi) is 4.57. The van der Waals surface area contributed by atoms with Crippen LogP contribution in [0.4, 0.5) is 11.4 Å². The van der Waals surface area contributed by atoms with Gasteiger partial charge in [0.15, 0.2) is 0 Å². The van der Waals surface area contributed by atoms with E-state index in [4.69, 9.17) is 11.5 Å². The molecule has 5 N–H and O–H groups in total. The summed E-state index contributed by atoms with van der Waals surface area (Å²) in [7, 11) is 0. The summed E-state index contributed by atoms with van der Waals surface area (Å²) in [4.78, 5) is 25.0. The molecule has 0 spiro atoms. The van der Waals surface area contributed by atoms with Gasteiger partial charge >= 0.3 is 0 Å². The van der Waals surface area contributed by atoms with Crippen molar-refractivity contribution in [3.05, 3.63) is 24.3 Å². The van der Waals surface area contributed by atoms with E-state index in [1.807, 2.05) is 17.0 Å². The van der Waals surface area contributed by atoms with Crippen LogP contribution >= 0.6 is 0 Å². The van der Waals surface area contributed by atoms with Crippen LogP contribution in [0.5, 0.6) is 0 Å². The van der Waals surface area contributed by atoms with E-state index in [9.17, 15) is 9.59 Å². The van der Waals surface area contributed by atoms with Crippen LogP contribution in [-0.2, 0) is 9.59 Å². The number of hydrogen-bond donors (Lipinski definition) is 3. The van der Waals surface area contributed by atoms with Gasteiger partial charge in [-0.1, -0.05) is 12.1 Å². The number of anilines is 2. The van der Waals surface area contributed by atoms with Crippen LogP contribution in [0.15, 0.2) is 24.3 Å². The molecule has 0 saturated carbocycles. The zero-order chi connectivity index (χ0) is 14.5. The molecule has 6 nitrogen and oxygen atoms in total. The highest BCUT2D eigenvalue weighted by Crippen LogP contribution is 2.18. The fourth-order valence-electron chi connectivity index (χ4n) is 2.38. The van der Waals surface area contributed by atoms with Gasteiger partial charge in [0, 0.05) is 5.92 Å². The summed E-state index contributed by atoms with van der Waals surface area (Å²) in [6.07, 6.45) is 1.44. The van der Waals surface area contributed by atoms with Crippen molar-refractivity contribution >= 4 is 23.2 Å². The van der Waals surface area contributed by atoms with Crippen LogP contribution in [0.2, 0.25) is 0 Å². The molecule has 2 rings (SSSR count). The molecule has 0 aromatic heterocycles. The van der Waals surface area contributed by atoms with Crippen molar-refractivity contribution in [3.8, 4) is 0 Å². The Labute approximate surface area is 118 Å². The maximum Gasteiger partial charge on any atom is 0.238 e. The van der Waals surface area contributed by atoms with Crippen LogP contribution in [0.3, 0.4) is 0 Å². The zero-order valence-corrected chi connectivity index (χ0v) is 11.3. The number of nitrogens with one attached hydrogen (secondary N) is 1. The average Bonchev–Trinajstić information content (AvgIpc) is 2.42. The Morgan fingerprint density at radius 3 is 2.50 bits per heavy atom. The molecule has 1 aliphatic heterocycles. The molecule has 1 aromatic carbocycles. The van der Waals surface area contributed by atoms with Gasteiger partial charge in [-0.05, 0) is 38.1 Å². The number of amides is 2. The summed E-state index contributed by atoms with van der Waals surface area (Å²) >= 11 is 0. The molecular formula is C14H20N4O2. The van der Waals surface area contributed by atoms with Gasteiger partial charge in [-0.15, -0.1) is 0 Å². The quantitative estimate of drug-likeness (QED) is 0.693. The third-order valence-corrected chi connectivity index (χ3v) is 3.59. The van der Waals surface area contributed by atoms with Crippen LogP contribution in [-0.4, -0.2) is 36.3 Å².